The predicted octanol–water partition coefficient (Wildman–Crippen LogP) is 3.13. The Hall–Kier alpha value is -0.820. The SMILES string of the molecule is CCc1ccc(CC(C)(C)N(C)C)cc1. The Bertz CT molecular complexity index is 296. The number of aryl methyl sites for hydroxylation is 1. The van der Waals surface area contributed by atoms with Crippen molar-refractivity contribution in [2.24, 2.45) is 0 Å². The molecule has 84 valence electrons. The average molecular weight is 205 g/mol. The minimum Gasteiger partial charge on any atom is -0.304 e. The van der Waals surface area contributed by atoms with E-state index in [0.29, 0.717) is 0 Å². The summed E-state index contributed by atoms with van der Waals surface area (Å²) in [4.78, 5) is 2.28. The molecule has 0 unspecified atom stereocenters. The van der Waals surface area contributed by atoms with Crippen LogP contribution in [0.4, 0.5) is 0 Å². The highest BCUT2D eigenvalue weighted by Gasteiger charge is 2.20. The van der Waals surface area contributed by atoms with E-state index in [0.717, 1.165) is 12.8 Å². The Kier molecular flexibility index (Phi) is 3.92. The van der Waals surface area contributed by atoms with Crippen molar-refractivity contribution in [3.8, 4) is 0 Å². The molecule has 0 spiro atoms. The van der Waals surface area contributed by atoms with Crippen LogP contribution in [-0.4, -0.2) is 24.5 Å². The maximum Gasteiger partial charge on any atom is 0.0187 e. The molecule has 0 N–H and O–H groups in total. The van der Waals surface area contributed by atoms with Gasteiger partial charge in [-0.25, -0.2) is 0 Å². The van der Waals surface area contributed by atoms with Crippen LogP contribution in [0.15, 0.2) is 24.3 Å². The molecule has 1 nitrogen and oxygen atoms in total. The van der Waals surface area contributed by atoms with E-state index in [2.05, 4.69) is 64.0 Å². The molecule has 0 radical (unpaired) electrons. The second-order valence-corrected chi connectivity index (χ2v) is 5.05. The van der Waals surface area contributed by atoms with Gasteiger partial charge in [0.2, 0.25) is 0 Å². The van der Waals surface area contributed by atoms with Gasteiger partial charge in [0.05, 0.1) is 0 Å². The molecule has 0 aliphatic rings. The molecule has 1 rings (SSSR count). The fourth-order valence-corrected chi connectivity index (χ4v) is 1.55. The largest absolute Gasteiger partial charge is 0.304 e. The Morgan fingerprint density at radius 1 is 1.00 bits per heavy atom. The van der Waals surface area contributed by atoms with Gasteiger partial charge in [-0.15, -0.1) is 0 Å². The second kappa shape index (κ2) is 4.80. The minimum atomic E-state index is 0.230. The van der Waals surface area contributed by atoms with Crippen LogP contribution in [-0.2, 0) is 12.8 Å². The first-order valence-corrected chi connectivity index (χ1v) is 5.71. The van der Waals surface area contributed by atoms with Gasteiger partial charge in [0, 0.05) is 5.54 Å². The number of hydrogen-bond donors (Lipinski definition) is 0. The van der Waals surface area contributed by atoms with Crippen LogP contribution in [0.25, 0.3) is 0 Å². The van der Waals surface area contributed by atoms with Crippen molar-refractivity contribution in [2.45, 2.75) is 39.2 Å². The third-order valence-electron chi connectivity index (χ3n) is 3.28. The van der Waals surface area contributed by atoms with Gasteiger partial charge in [0.25, 0.3) is 0 Å². The van der Waals surface area contributed by atoms with Crippen LogP contribution in [0.2, 0.25) is 0 Å². The summed E-state index contributed by atoms with van der Waals surface area (Å²) >= 11 is 0. The summed E-state index contributed by atoms with van der Waals surface area (Å²) in [5.74, 6) is 0. The summed E-state index contributed by atoms with van der Waals surface area (Å²) in [5, 5.41) is 0. The lowest BCUT2D eigenvalue weighted by atomic mass is 9.93. The highest BCUT2D eigenvalue weighted by Crippen LogP contribution is 2.18. The Morgan fingerprint density at radius 2 is 1.47 bits per heavy atom. The number of likely N-dealkylation sites (N-methyl/N-ethyl adjacent to an activating group) is 1. The van der Waals surface area contributed by atoms with Crippen molar-refractivity contribution < 1.29 is 0 Å². The van der Waals surface area contributed by atoms with E-state index in [1.54, 1.807) is 0 Å². The first-order chi connectivity index (χ1) is 6.95. The van der Waals surface area contributed by atoms with Crippen LogP contribution in [0.5, 0.6) is 0 Å². The highest BCUT2D eigenvalue weighted by molar-refractivity contribution is 5.23. The fraction of sp³-hybridized carbons (Fsp3) is 0.571. The molecule has 0 heterocycles. The molecule has 0 aliphatic heterocycles. The Labute approximate surface area is 94.1 Å². The van der Waals surface area contributed by atoms with E-state index in [1.165, 1.54) is 11.1 Å². The molecule has 0 fully saturated rings. The van der Waals surface area contributed by atoms with Crippen molar-refractivity contribution in [3.63, 3.8) is 0 Å². The summed E-state index contributed by atoms with van der Waals surface area (Å²) in [7, 11) is 4.28. The van der Waals surface area contributed by atoms with Crippen molar-refractivity contribution in [2.75, 3.05) is 14.1 Å². The molecule has 1 aromatic carbocycles. The zero-order valence-corrected chi connectivity index (χ0v) is 10.7. The predicted molar refractivity (Wildman–Crippen MR) is 67.3 cm³/mol. The van der Waals surface area contributed by atoms with E-state index in [4.69, 9.17) is 0 Å². The van der Waals surface area contributed by atoms with Gasteiger partial charge in [-0.1, -0.05) is 31.2 Å². The number of rotatable bonds is 4. The van der Waals surface area contributed by atoms with Crippen molar-refractivity contribution in [1.29, 1.82) is 0 Å². The van der Waals surface area contributed by atoms with Gasteiger partial charge in [0.15, 0.2) is 0 Å². The topological polar surface area (TPSA) is 3.24 Å². The maximum atomic E-state index is 2.28. The maximum absolute atomic E-state index is 2.28. The summed E-state index contributed by atoms with van der Waals surface area (Å²) in [5.41, 5.74) is 3.07. The van der Waals surface area contributed by atoms with Crippen molar-refractivity contribution in [3.05, 3.63) is 35.4 Å². The lowest BCUT2D eigenvalue weighted by molar-refractivity contribution is 0.195. The lowest BCUT2D eigenvalue weighted by Gasteiger charge is -2.32. The first-order valence-electron chi connectivity index (χ1n) is 5.71. The van der Waals surface area contributed by atoms with Crippen LogP contribution in [0, 0.1) is 0 Å². The third-order valence-corrected chi connectivity index (χ3v) is 3.28. The molecule has 0 amide bonds. The number of hydrogen-bond acceptors (Lipinski definition) is 1. The van der Waals surface area contributed by atoms with Crippen molar-refractivity contribution in [1.82, 2.24) is 4.90 Å². The van der Waals surface area contributed by atoms with Crippen LogP contribution in [0.1, 0.15) is 31.9 Å². The van der Waals surface area contributed by atoms with Gasteiger partial charge in [-0.2, -0.15) is 0 Å². The molecule has 0 bridgehead atoms. The van der Waals surface area contributed by atoms with Crippen LogP contribution in [0.3, 0.4) is 0 Å². The van der Waals surface area contributed by atoms with Gasteiger partial charge in [-0.05, 0) is 51.9 Å². The van der Waals surface area contributed by atoms with E-state index in [-0.39, 0.29) is 5.54 Å². The lowest BCUT2D eigenvalue weighted by Crippen LogP contribution is -2.40. The Morgan fingerprint density at radius 3 is 1.87 bits per heavy atom. The Balaban J connectivity index is 2.73. The van der Waals surface area contributed by atoms with Gasteiger partial charge < -0.3 is 4.90 Å². The fourth-order valence-electron chi connectivity index (χ4n) is 1.55. The zero-order valence-electron chi connectivity index (χ0n) is 10.7. The highest BCUT2D eigenvalue weighted by atomic mass is 15.1. The zero-order chi connectivity index (χ0) is 11.5. The normalized spacial score (nSPS) is 12.1. The quantitative estimate of drug-likeness (QED) is 0.730. The molecule has 0 atom stereocenters. The van der Waals surface area contributed by atoms with Gasteiger partial charge in [0.1, 0.15) is 0 Å². The molecule has 0 saturated carbocycles. The molecule has 15 heavy (non-hydrogen) atoms. The molecule has 0 aliphatic carbocycles. The van der Waals surface area contributed by atoms with E-state index >= 15 is 0 Å². The summed E-state index contributed by atoms with van der Waals surface area (Å²) in [6.45, 7) is 6.75. The smallest absolute Gasteiger partial charge is 0.0187 e. The van der Waals surface area contributed by atoms with Gasteiger partial charge in [-0.3, -0.25) is 0 Å². The molecular formula is C14H23N. The minimum absolute atomic E-state index is 0.230. The number of nitrogens with zero attached hydrogens (tertiary/aromatic N) is 1. The summed E-state index contributed by atoms with van der Waals surface area (Å²) in [6.07, 6.45) is 2.22. The number of benzene rings is 1. The van der Waals surface area contributed by atoms with E-state index in [9.17, 15) is 0 Å². The molecule has 1 heteroatoms. The monoisotopic (exact) mass is 205 g/mol. The van der Waals surface area contributed by atoms with E-state index < -0.39 is 0 Å². The third kappa shape index (κ3) is 3.35. The molecule has 1 aromatic rings. The van der Waals surface area contributed by atoms with E-state index in [1.807, 2.05) is 0 Å². The standard InChI is InChI=1S/C14H23N/c1-6-12-7-9-13(10-8-12)11-14(2,3)15(4)5/h7-10H,6,11H2,1-5H3. The first kappa shape index (κ1) is 12.3. The molecule has 0 aromatic heterocycles. The molecule has 0 saturated heterocycles. The van der Waals surface area contributed by atoms with Gasteiger partial charge >= 0.3 is 0 Å². The summed E-state index contributed by atoms with van der Waals surface area (Å²) < 4.78 is 0. The average Bonchev–Trinajstić information content (AvgIpc) is 2.18. The van der Waals surface area contributed by atoms with Crippen LogP contribution >= 0.6 is 0 Å². The van der Waals surface area contributed by atoms with Crippen molar-refractivity contribution >= 4 is 0 Å². The summed E-state index contributed by atoms with van der Waals surface area (Å²) in [6, 6.07) is 8.98. The second-order valence-electron chi connectivity index (χ2n) is 5.05. The molecular weight excluding hydrogens is 182 g/mol. The van der Waals surface area contributed by atoms with Crippen LogP contribution < -0.4 is 0 Å².